The number of rotatable bonds is 1. The molecule has 0 aliphatic carbocycles. The van der Waals surface area contributed by atoms with Crippen LogP contribution < -0.4 is 0 Å². The van der Waals surface area contributed by atoms with Gasteiger partial charge in [-0.15, -0.1) is 0 Å². The second kappa shape index (κ2) is 5.52. The molecular formula is C20H13Cl2N. The van der Waals surface area contributed by atoms with Gasteiger partial charge in [0.1, 0.15) is 5.15 Å². The highest BCUT2D eigenvalue weighted by Crippen LogP contribution is 2.39. The Morgan fingerprint density at radius 1 is 0.826 bits per heavy atom. The van der Waals surface area contributed by atoms with Crippen molar-refractivity contribution in [1.29, 1.82) is 0 Å². The number of nitrogens with zero attached hydrogens (tertiary/aromatic N) is 1. The average Bonchev–Trinajstić information content (AvgIpc) is 2.55. The summed E-state index contributed by atoms with van der Waals surface area (Å²) in [6, 6.07) is 20.2. The van der Waals surface area contributed by atoms with Crippen molar-refractivity contribution in [1.82, 2.24) is 4.98 Å². The highest BCUT2D eigenvalue weighted by molar-refractivity contribution is 6.37. The number of halogens is 2. The molecule has 1 aromatic heterocycles. The van der Waals surface area contributed by atoms with Crippen molar-refractivity contribution in [3.05, 3.63) is 76.4 Å². The Bertz CT molecular complexity index is 1050. The number of aryl methyl sites for hydroxylation is 1. The van der Waals surface area contributed by atoms with Gasteiger partial charge >= 0.3 is 0 Å². The maximum atomic E-state index is 6.54. The SMILES string of the molecule is Cc1c(-c2cccc3ccccc23)c(Cl)nc2cccc(Cl)c12. The van der Waals surface area contributed by atoms with Crippen LogP contribution in [0.2, 0.25) is 10.2 Å². The van der Waals surface area contributed by atoms with E-state index in [1.54, 1.807) is 0 Å². The lowest BCUT2D eigenvalue weighted by atomic mass is 9.94. The van der Waals surface area contributed by atoms with E-state index in [-0.39, 0.29) is 0 Å². The Morgan fingerprint density at radius 3 is 2.43 bits per heavy atom. The van der Waals surface area contributed by atoms with Crippen LogP contribution in [0.1, 0.15) is 5.56 Å². The van der Waals surface area contributed by atoms with Crippen LogP contribution in [0.15, 0.2) is 60.7 Å². The van der Waals surface area contributed by atoms with Gasteiger partial charge in [-0.2, -0.15) is 0 Å². The molecule has 0 radical (unpaired) electrons. The van der Waals surface area contributed by atoms with Gasteiger partial charge in [0.25, 0.3) is 0 Å². The van der Waals surface area contributed by atoms with Gasteiger partial charge in [0.15, 0.2) is 0 Å². The highest BCUT2D eigenvalue weighted by atomic mass is 35.5. The Balaban J connectivity index is 2.15. The largest absolute Gasteiger partial charge is 0.235 e. The maximum absolute atomic E-state index is 6.54. The minimum absolute atomic E-state index is 0.508. The zero-order valence-electron chi connectivity index (χ0n) is 12.5. The number of pyridine rings is 1. The third-order valence-electron chi connectivity index (χ3n) is 4.23. The monoisotopic (exact) mass is 337 g/mol. The van der Waals surface area contributed by atoms with Crippen molar-refractivity contribution in [3.63, 3.8) is 0 Å². The smallest absolute Gasteiger partial charge is 0.137 e. The van der Waals surface area contributed by atoms with Crippen LogP contribution in [-0.2, 0) is 0 Å². The standard InChI is InChI=1S/C20H13Cl2N/c1-12-18(15-9-4-7-13-6-2-3-8-14(13)15)20(22)23-17-11-5-10-16(21)19(12)17/h2-11H,1H3. The summed E-state index contributed by atoms with van der Waals surface area (Å²) in [6.45, 7) is 2.05. The molecule has 23 heavy (non-hydrogen) atoms. The molecule has 1 heterocycles. The van der Waals surface area contributed by atoms with Crippen molar-refractivity contribution in [3.8, 4) is 11.1 Å². The molecule has 112 valence electrons. The van der Waals surface area contributed by atoms with Crippen molar-refractivity contribution in [2.24, 2.45) is 0 Å². The van der Waals surface area contributed by atoms with Gasteiger partial charge in [-0.05, 0) is 41.0 Å². The fourth-order valence-electron chi connectivity index (χ4n) is 3.18. The molecule has 1 nitrogen and oxygen atoms in total. The summed E-state index contributed by atoms with van der Waals surface area (Å²) in [5.74, 6) is 0. The lowest BCUT2D eigenvalue weighted by Gasteiger charge is -2.14. The summed E-state index contributed by atoms with van der Waals surface area (Å²) in [4.78, 5) is 4.56. The van der Waals surface area contributed by atoms with Crippen molar-refractivity contribution >= 4 is 44.9 Å². The van der Waals surface area contributed by atoms with Gasteiger partial charge in [0.05, 0.1) is 10.5 Å². The first-order chi connectivity index (χ1) is 11.2. The van der Waals surface area contributed by atoms with E-state index in [2.05, 4.69) is 36.2 Å². The fraction of sp³-hybridized carbons (Fsp3) is 0.0500. The van der Waals surface area contributed by atoms with Crippen molar-refractivity contribution in [2.45, 2.75) is 6.92 Å². The molecular weight excluding hydrogens is 325 g/mol. The Morgan fingerprint density at radius 2 is 1.57 bits per heavy atom. The molecule has 0 atom stereocenters. The van der Waals surface area contributed by atoms with Gasteiger partial charge < -0.3 is 0 Å². The topological polar surface area (TPSA) is 12.9 Å². The third-order valence-corrected chi connectivity index (χ3v) is 4.81. The molecule has 4 aromatic rings. The van der Waals surface area contributed by atoms with Crippen LogP contribution in [-0.4, -0.2) is 4.98 Å². The lowest BCUT2D eigenvalue weighted by molar-refractivity contribution is 1.37. The van der Waals surface area contributed by atoms with Crippen LogP contribution in [0.5, 0.6) is 0 Å². The number of benzene rings is 3. The normalized spacial score (nSPS) is 11.3. The molecule has 0 amide bonds. The van der Waals surface area contributed by atoms with E-state index in [4.69, 9.17) is 23.2 Å². The number of fused-ring (bicyclic) bond motifs is 2. The van der Waals surface area contributed by atoms with E-state index < -0.39 is 0 Å². The van der Waals surface area contributed by atoms with E-state index in [0.717, 1.165) is 33.0 Å². The van der Waals surface area contributed by atoms with Crippen molar-refractivity contribution in [2.75, 3.05) is 0 Å². The van der Waals surface area contributed by atoms with Crippen molar-refractivity contribution < 1.29 is 0 Å². The first kappa shape index (κ1) is 14.5. The highest BCUT2D eigenvalue weighted by Gasteiger charge is 2.16. The summed E-state index contributed by atoms with van der Waals surface area (Å²) in [7, 11) is 0. The predicted molar refractivity (Wildman–Crippen MR) is 99.4 cm³/mol. The van der Waals surface area contributed by atoms with E-state index in [0.29, 0.717) is 10.2 Å². The molecule has 0 aliphatic rings. The molecule has 0 N–H and O–H groups in total. The second-order valence-corrected chi connectivity index (χ2v) is 6.33. The molecule has 0 fully saturated rings. The Labute approximate surface area is 144 Å². The number of hydrogen-bond acceptors (Lipinski definition) is 1. The molecule has 0 saturated heterocycles. The third kappa shape index (κ3) is 2.28. The van der Waals surface area contributed by atoms with Gasteiger partial charge in [-0.25, -0.2) is 4.98 Å². The molecule has 3 aromatic carbocycles. The Kier molecular flexibility index (Phi) is 3.48. The molecule has 0 bridgehead atoms. The van der Waals surface area contributed by atoms with Gasteiger partial charge in [-0.3, -0.25) is 0 Å². The van der Waals surface area contributed by atoms with E-state index >= 15 is 0 Å². The Hall–Kier alpha value is -2.09. The van der Waals surface area contributed by atoms with E-state index in [1.165, 1.54) is 5.39 Å². The molecule has 3 heteroatoms. The minimum Gasteiger partial charge on any atom is -0.235 e. The van der Waals surface area contributed by atoms with E-state index in [1.807, 2.05) is 36.4 Å². The van der Waals surface area contributed by atoms with Gasteiger partial charge in [0.2, 0.25) is 0 Å². The first-order valence-corrected chi connectivity index (χ1v) is 8.15. The quantitative estimate of drug-likeness (QED) is 0.353. The van der Waals surface area contributed by atoms with Crippen LogP contribution in [0, 0.1) is 6.92 Å². The van der Waals surface area contributed by atoms with Crippen LogP contribution in [0.3, 0.4) is 0 Å². The van der Waals surface area contributed by atoms with Crippen LogP contribution in [0.4, 0.5) is 0 Å². The second-order valence-electron chi connectivity index (χ2n) is 5.56. The zero-order chi connectivity index (χ0) is 16.0. The zero-order valence-corrected chi connectivity index (χ0v) is 14.0. The molecule has 0 unspecified atom stereocenters. The predicted octanol–water partition coefficient (Wildman–Crippen LogP) is 6.67. The first-order valence-electron chi connectivity index (χ1n) is 7.39. The summed E-state index contributed by atoms with van der Waals surface area (Å²) >= 11 is 13.0. The number of hydrogen-bond donors (Lipinski definition) is 0. The van der Waals surface area contributed by atoms with Crippen LogP contribution >= 0.6 is 23.2 Å². The summed E-state index contributed by atoms with van der Waals surface area (Å²) in [5, 5.41) is 4.51. The van der Waals surface area contributed by atoms with Crippen LogP contribution in [0.25, 0.3) is 32.8 Å². The average molecular weight is 338 g/mol. The molecule has 4 rings (SSSR count). The molecule has 0 spiro atoms. The number of aromatic nitrogens is 1. The summed E-state index contributed by atoms with van der Waals surface area (Å²) in [5.41, 5.74) is 3.91. The molecule has 0 aliphatic heterocycles. The minimum atomic E-state index is 0.508. The maximum Gasteiger partial charge on any atom is 0.137 e. The van der Waals surface area contributed by atoms with Gasteiger partial charge in [-0.1, -0.05) is 71.7 Å². The fourth-order valence-corrected chi connectivity index (χ4v) is 3.82. The van der Waals surface area contributed by atoms with Gasteiger partial charge in [0, 0.05) is 10.9 Å². The summed E-state index contributed by atoms with van der Waals surface area (Å²) in [6.07, 6.45) is 0. The van der Waals surface area contributed by atoms with E-state index in [9.17, 15) is 0 Å². The lowest BCUT2D eigenvalue weighted by Crippen LogP contribution is -1.93. The summed E-state index contributed by atoms with van der Waals surface area (Å²) < 4.78 is 0. The molecule has 0 saturated carbocycles.